The molecule has 0 saturated carbocycles. The molecule has 0 aromatic heterocycles. The molecule has 36 heavy (non-hydrogen) atoms. The van der Waals surface area contributed by atoms with E-state index in [0.29, 0.717) is 23.9 Å². The van der Waals surface area contributed by atoms with E-state index < -0.39 is 30.1 Å². The van der Waals surface area contributed by atoms with Crippen molar-refractivity contribution in [3.8, 4) is 5.75 Å². The van der Waals surface area contributed by atoms with Crippen LogP contribution >= 0.6 is 0 Å². The molecule has 2 aliphatic rings. The van der Waals surface area contributed by atoms with Gasteiger partial charge in [-0.15, -0.1) is 0 Å². The number of esters is 1. The summed E-state index contributed by atoms with van der Waals surface area (Å²) in [6, 6.07) is 3.40. The minimum atomic E-state index is -0.905. The number of cyclic esters (lactones) is 1. The molecule has 4 atom stereocenters. The fraction of sp³-hybridized carbons (Fsp3) is 0.500. The van der Waals surface area contributed by atoms with Crippen LogP contribution in [0, 0.1) is 5.92 Å². The Hall–Kier alpha value is -2.95. The number of ketones is 1. The molecule has 1 radical (unpaired) electrons. The quantitative estimate of drug-likeness (QED) is 0.253. The number of ether oxygens (including phenoxy) is 5. The van der Waals surface area contributed by atoms with Gasteiger partial charge in [0.05, 0.1) is 6.10 Å². The molecule has 1 fully saturated rings. The molecular weight excluding hydrogens is 465 g/mol. The summed E-state index contributed by atoms with van der Waals surface area (Å²) in [6.07, 6.45) is 5.99. The first-order valence-electron chi connectivity index (χ1n) is 11.8. The highest BCUT2D eigenvalue weighted by Gasteiger charge is 2.43. The van der Waals surface area contributed by atoms with Gasteiger partial charge >= 0.3 is 13.4 Å². The first kappa shape index (κ1) is 27.6. The number of rotatable bonds is 6. The van der Waals surface area contributed by atoms with Gasteiger partial charge in [0.15, 0.2) is 18.4 Å². The fourth-order valence-corrected chi connectivity index (χ4v) is 4.00. The number of carbonyl (C=O) groups is 3. The van der Waals surface area contributed by atoms with Crippen LogP contribution in [0.3, 0.4) is 0 Å². The molecule has 2 heterocycles. The Labute approximate surface area is 212 Å². The normalized spacial score (nSPS) is 27.6. The molecule has 1 aromatic rings. The monoisotopic (exact) mass is 498 g/mol. The molecule has 1 aromatic carbocycles. The van der Waals surface area contributed by atoms with Crippen molar-refractivity contribution in [2.75, 3.05) is 25.8 Å². The van der Waals surface area contributed by atoms with Gasteiger partial charge in [0.25, 0.3) is 0 Å². The molecule has 2 aliphatic heterocycles. The Morgan fingerprint density at radius 1 is 1.19 bits per heavy atom. The molecule has 0 bridgehead atoms. The number of nitrogens with zero attached hydrogens (tertiary/aromatic N) is 1. The minimum Gasteiger partial charge on any atom is -0.467 e. The molecule has 10 heteroatoms. The first-order chi connectivity index (χ1) is 17.1. The molecular formula is C26H33BNO8. The van der Waals surface area contributed by atoms with Crippen LogP contribution in [0.5, 0.6) is 5.75 Å². The van der Waals surface area contributed by atoms with Crippen molar-refractivity contribution in [3.63, 3.8) is 0 Å². The third-order valence-electron chi connectivity index (χ3n) is 6.07. The van der Waals surface area contributed by atoms with Gasteiger partial charge in [-0.25, -0.2) is 4.79 Å². The highest BCUT2D eigenvalue weighted by atomic mass is 16.8. The van der Waals surface area contributed by atoms with Crippen molar-refractivity contribution in [1.29, 1.82) is 0 Å². The van der Waals surface area contributed by atoms with E-state index in [2.05, 4.69) is 0 Å². The van der Waals surface area contributed by atoms with E-state index in [4.69, 9.17) is 23.7 Å². The van der Waals surface area contributed by atoms with Gasteiger partial charge in [0, 0.05) is 24.8 Å². The number of carbonyl (C=O) groups excluding carboxylic acids is 3. The Balaban J connectivity index is 2.11. The topological polar surface area (TPSA) is 101 Å². The average molecular weight is 498 g/mol. The zero-order valence-electron chi connectivity index (χ0n) is 21.6. The maximum absolute atomic E-state index is 13.4. The van der Waals surface area contributed by atoms with Gasteiger partial charge in [-0.1, -0.05) is 25.2 Å². The lowest BCUT2D eigenvalue weighted by molar-refractivity contribution is -0.152. The summed E-state index contributed by atoms with van der Waals surface area (Å²) in [5.74, 6) is -1.68. The minimum absolute atomic E-state index is 0.0885. The number of benzene rings is 1. The predicted molar refractivity (Wildman–Crippen MR) is 136 cm³/mol. The van der Waals surface area contributed by atoms with Crippen molar-refractivity contribution in [1.82, 2.24) is 0 Å². The van der Waals surface area contributed by atoms with Crippen LogP contribution in [0.15, 0.2) is 30.4 Å². The second kappa shape index (κ2) is 11.9. The molecule has 9 nitrogen and oxygen atoms in total. The summed E-state index contributed by atoms with van der Waals surface area (Å²) < 4.78 is 28.5. The lowest BCUT2D eigenvalue weighted by Crippen LogP contribution is -2.30. The summed E-state index contributed by atoms with van der Waals surface area (Å²) in [6.45, 7) is 7.07. The van der Waals surface area contributed by atoms with Gasteiger partial charge in [0.2, 0.25) is 0 Å². The van der Waals surface area contributed by atoms with Gasteiger partial charge < -0.3 is 33.3 Å². The van der Waals surface area contributed by atoms with Gasteiger partial charge in [-0.2, -0.15) is 0 Å². The zero-order chi connectivity index (χ0) is 26.5. The second-order valence-corrected chi connectivity index (χ2v) is 9.32. The summed E-state index contributed by atoms with van der Waals surface area (Å²) >= 11 is 0. The Kier molecular flexibility index (Phi) is 9.11. The van der Waals surface area contributed by atoms with Gasteiger partial charge in [0.1, 0.15) is 29.7 Å². The lowest BCUT2D eigenvalue weighted by Gasteiger charge is -2.23. The summed E-state index contributed by atoms with van der Waals surface area (Å²) in [7, 11) is 4.54. The summed E-state index contributed by atoms with van der Waals surface area (Å²) in [5, 5.41) is 0. The van der Waals surface area contributed by atoms with Crippen LogP contribution in [0.4, 0.5) is 5.69 Å². The summed E-state index contributed by atoms with van der Waals surface area (Å²) in [5.41, 5.74) is 1.36. The molecule has 193 valence electrons. The Morgan fingerprint density at radius 2 is 1.94 bits per heavy atom. The van der Waals surface area contributed by atoms with Crippen molar-refractivity contribution in [2.24, 2.45) is 5.92 Å². The number of hydrogen-bond acceptors (Lipinski definition) is 9. The van der Waals surface area contributed by atoms with Crippen LogP contribution in [-0.4, -0.2) is 70.4 Å². The van der Waals surface area contributed by atoms with E-state index in [1.165, 1.54) is 20.6 Å². The molecule has 0 unspecified atom stereocenters. The van der Waals surface area contributed by atoms with Gasteiger partial charge in [-0.3, -0.25) is 4.79 Å². The highest BCUT2D eigenvalue weighted by Crippen LogP contribution is 2.34. The highest BCUT2D eigenvalue weighted by molar-refractivity contribution is 6.70. The van der Waals surface area contributed by atoms with Crippen molar-refractivity contribution < 1.29 is 38.1 Å². The Morgan fingerprint density at radius 3 is 2.64 bits per heavy atom. The molecule has 3 rings (SSSR count). The third-order valence-corrected chi connectivity index (χ3v) is 6.07. The number of methoxy groups -OCH3 is 1. The Bertz CT molecular complexity index is 1040. The fourth-order valence-electron chi connectivity index (χ4n) is 4.00. The summed E-state index contributed by atoms with van der Waals surface area (Å²) in [4.78, 5) is 38.9. The predicted octanol–water partition coefficient (Wildman–Crippen LogP) is 3.16. The van der Waals surface area contributed by atoms with Crippen molar-refractivity contribution in [2.45, 2.75) is 58.2 Å². The van der Waals surface area contributed by atoms with E-state index in [0.717, 1.165) is 0 Å². The van der Waals surface area contributed by atoms with Crippen LogP contribution in [0.25, 0.3) is 6.08 Å². The largest absolute Gasteiger partial charge is 0.467 e. The van der Waals surface area contributed by atoms with Crippen molar-refractivity contribution in [3.05, 3.63) is 41.5 Å². The van der Waals surface area contributed by atoms with E-state index in [1.54, 1.807) is 56.9 Å². The van der Waals surface area contributed by atoms with E-state index in [1.807, 2.05) is 13.0 Å². The third kappa shape index (κ3) is 6.63. The van der Waals surface area contributed by atoms with Crippen LogP contribution in [0.1, 0.15) is 50.0 Å². The smallest absolute Gasteiger partial charge is 0.342 e. The maximum Gasteiger partial charge on any atom is 0.342 e. The number of fused-ring (bicyclic) bond motifs is 2. The lowest BCUT2D eigenvalue weighted by atomic mass is 9.93. The number of hydrogen-bond donors (Lipinski definition) is 0. The zero-order valence-corrected chi connectivity index (χ0v) is 21.6. The molecule has 0 aliphatic carbocycles. The average Bonchev–Trinajstić information content (AvgIpc) is 3.14. The molecule has 1 saturated heterocycles. The SMILES string of the molecule is COCOc1cc(N(C)[B]C=O)cc2c1C(=O)O[C@@H](C)[C@H](C)/C=C\C(=O)[C@H]1OC(C)(C)O[C@H]1C/C=C/2. The number of anilines is 1. The van der Waals surface area contributed by atoms with E-state index >= 15 is 0 Å². The first-order valence-corrected chi connectivity index (χ1v) is 11.8. The molecule has 0 amide bonds. The standard InChI is InChI=1S/C26H33BNO8/c1-16-10-11-20(30)24-21(35-26(3,4)36-24)9-7-8-18-12-19(28(5)27-14-29)13-22(33-15-32-6)23(18)25(31)34-17(16)2/h7-8,10-14,16-17,21,24H,9,15H2,1-6H3/b8-7+,11-10-/t16-,17+,21+,24-/m1/s1. The maximum atomic E-state index is 13.4. The molecule has 0 N–H and O–H groups in total. The van der Waals surface area contributed by atoms with E-state index in [-0.39, 0.29) is 29.8 Å². The van der Waals surface area contributed by atoms with Crippen LogP contribution < -0.4 is 9.55 Å². The van der Waals surface area contributed by atoms with Crippen LogP contribution in [0.2, 0.25) is 0 Å². The van der Waals surface area contributed by atoms with Crippen LogP contribution in [-0.2, 0) is 28.5 Å². The van der Waals surface area contributed by atoms with Gasteiger partial charge in [-0.05, 0) is 51.9 Å². The second-order valence-electron chi connectivity index (χ2n) is 9.32. The molecule has 0 spiro atoms. The van der Waals surface area contributed by atoms with E-state index in [9.17, 15) is 14.4 Å². The van der Waals surface area contributed by atoms with Crippen molar-refractivity contribution >= 4 is 37.1 Å².